The minimum absolute atomic E-state index is 0.000897. The molecule has 3 atom stereocenters. The van der Waals surface area contributed by atoms with Gasteiger partial charge in [-0.3, -0.25) is 9.69 Å². The Morgan fingerprint density at radius 2 is 1.78 bits per heavy atom. The highest BCUT2D eigenvalue weighted by molar-refractivity contribution is 5.89. The lowest BCUT2D eigenvalue weighted by molar-refractivity contribution is -0.128. The van der Waals surface area contributed by atoms with Crippen molar-refractivity contribution >= 4 is 16.7 Å². The zero-order chi connectivity index (χ0) is 18.6. The molecule has 27 heavy (non-hydrogen) atoms. The molecule has 1 amide bonds. The molecule has 3 unspecified atom stereocenters. The van der Waals surface area contributed by atoms with Gasteiger partial charge in [0.1, 0.15) is 5.75 Å². The molecule has 1 saturated carbocycles. The molecule has 4 heteroatoms. The molecule has 2 aliphatic rings. The molecular weight excluding hydrogens is 336 g/mol. The van der Waals surface area contributed by atoms with E-state index in [0.717, 1.165) is 22.9 Å². The van der Waals surface area contributed by atoms with Crippen LogP contribution < -0.4 is 10.1 Å². The predicted octanol–water partition coefficient (Wildman–Crippen LogP) is 4.13. The first-order valence-electron chi connectivity index (χ1n) is 10.4. The van der Waals surface area contributed by atoms with Crippen LogP contribution in [0.3, 0.4) is 0 Å². The summed E-state index contributed by atoms with van der Waals surface area (Å²) in [5, 5.41) is 5.49. The lowest BCUT2D eigenvalue weighted by Crippen LogP contribution is -2.54. The zero-order valence-corrected chi connectivity index (χ0v) is 16.2. The van der Waals surface area contributed by atoms with Crippen molar-refractivity contribution in [3.05, 3.63) is 42.5 Å². The molecule has 2 aromatic rings. The van der Waals surface area contributed by atoms with Crippen LogP contribution in [0.1, 0.15) is 45.4 Å². The highest BCUT2D eigenvalue weighted by atomic mass is 16.5. The number of rotatable bonds is 5. The normalized spacial score (nSPS) is 24.6. The van der Waals surface area contributed by atoms with Crippen molar-refractivity contribution in [1.29, 1.82) is 0 Å². The number of nitrogens with one attached hydrogen (secondary N) is 1. The van der Waals surface area contributed by atoms with Crippen LogP contribution in [0.25, 0.3) is 10.8 Å². The smallest absolute Gasteiger partial charge is 0.261 e. The molecule has 0 spiro atoms. The second-order valence-electron chi connectivity index (χ2n) is 7.95. The number of ether oxygens (including phenoxy) is 1. The minimum Gasteiger partial charge on any atom is -0.480 e. The summed E-state index contributed by atoms with van der Waals surface area (Å²) in [6, 6.07) is 14.9. The molecule has 0 aromatic heterocycles. The van der Waals surface area contributed by atoms with Crippen LogP contribution in [-0.2, 0) is 4.79 Å². The third-order valence-electron chi connectivity index (χ3n) is 6.09. The van der Waals surface area contributed by atoms with Crippen molar-refractivity contribution in [2.45, 2.75) is 63.6 Å². The average Bonchev–Trinajstić information content (AvgIpc) is 3.23. The number of carbonyl (C=O) groups excluding carboxylic acids is 1. The summed E-state index contributed by atoms with van der Waals surface area (Å²) >= 11 is 0. The van der Waals surface area contributed by atoms with E-state index in [-0.39, 0.29) is 11.9 Å². The van der Waals surface area contributed by atoms with Gasteiger partial charge in [-0.25, -0.2) is 0 Å². The molecule has 1 aliphatic carbocycles. The quantitative estimate of drug-likeness (QED) is 0.865. The second kappa shape index (κ2) is 8.30. The van der Waals surface area contributed by atoms with Crippen molar-refractivity contribution in [3.63, 3.8) is 0 Å². The number of amides is 1. The highest BCUT2D eigenvalue weighted by Crippen LogP contribution is 2.28. The molecule has 1 N–H and O–H groups in total. The van der Waals surface area contributed by atoms with Gasteiger partial charge in [0.15, 0.2) is 6.10 Å². The van der Waals surface area contributed by atoms with E-state index < -0.39 is 6.10 Å². The number of carbonyl (C=O) groups is 1. The van der Waals surface area contributed by atoms with Crippen LogP contribution in [0, 0.1) is 0 Å². The Balaban J connectivity index is 1.42. The van der Waals surface area contributed by atoms with Gasteiger partial charge in [-0.15, -0.1) is 0 Å². The van der Waals surface area contributed by atoms with E-state index in [1.54, 1.807) is 0 Å². The van der Waals surface area contributed by atoms with Crippen molar-refractivity contribution in [1.82, 2.24) is 10.2 Å². The molecule has 1 heterocycles. The van der Waals surface area contributed by atoms with E-state index in [1.165, 1.54) is 45.2 Å². The summed E-state index contributed by atoms with van der Waals surface area (Å²) in [7, 11) is 0. The second-order valence-corrected chi connectivity index (χ2v) is 7.95. The van der Waals surface area contributed by atoms with E-state index in [2.05, 4.69) is 22.3 Å². The van der Waals surface area contributed by atoms with E-state index in [9.17, 15) is 4.79 Å². The van der Waals surface area contributed by atoms with Crippen LogP contribution in [0.15, 0.2) is 42.5 Å². The maximum absolute atomic E-state index is 12.9. The molecular formula is C23H30N2O2. The van der Waals surface area contributed by atoms with E-state index in [0.29, 0.717) is 6.04 Å². The van der Waals surface area contributed by atoms with Gasteiger partial charge in [0.05, 0.1) is 0 Å². The third kappa shape index (κ3) is 4.11. The van der Waals surface area contributed by atoms with Gasteiger partial charge in [-0.05, 0) is 57.1 Å². The Morgan fingerprint density at radius 3 is 2.63 bits per heavy atom. The van der Waals surface area contributed by atoms with Crippen LogP contribution in [0.2, 0.25) is 0 Å². The molecule has 1 aliphatic heterocycles. The largest absolute Gasteiger partial charge is 0.480 e. The van der Waals surface area contributed by atoms with E-state index >= 15 is 0 Å². The number of likely N-dealkylation sites (tertiary alicyclic amines) is 1. The van der Waals surface area contributed by atoms with Gasteiger partial charge in [0, 0.05) is 17.5 Å². The van der Waals surface area contributed by atoms with Crippen molar-refractivity contribution in [2.75, 3.05) is 13.1 Å². The standard InChI is InChI=1S/C23H30N2O2/c1-17(27-22-14-8-10-18-9-2-3-11-19(18)22)23(26)24-20-12-4-5-13-21(20)25-15-6-7-16-25/h2-3,8-11,14,17,20-21H,4-7,12-13,15-16H2,1H3,(H,24,26). The van der Waals surface area contributed by atoms with Gasteiger partial charge in [-0.1, -0.05) is 49.2 Å². The lowest BCUT2D eigenvalue weighted by atomic mass is 9.89. The molecule has 0 bridgehead atoms. The number of fused-ring (bicyclic) bond motifs is 1. The fourth-order valence-electron chi connectivity index (χ4n) is 4.63. The lowest BCUT2D eigenvalue weighted by Gasteiger charge is -2.38. The summed E-state index contributed by atoms with van der Waals surface area (Å²) in [5.41, 5.74) is 0. The van der Waals surface area contributed by atoms with Crippen LogP contribution in [0.5, 0.6) is 5.75 Å². The molecule has 0 radical (unpaired) electrons. The number of hydrogen-bond acceptors (Lipinski definition) is 3. The fraction of sp³-hybridized carbons (Fsp3) is 0.522. The third-order valence-corrected chi connectivity index (χ3v) is 6.09. The van der Waals surface area contributed by atoms with E-state index in [4.69, 9.17) is 4.74 Å². The van der Waals surface area contributed by atoms with E-state index in [1.807, 2.05) is 37.3 Å². The van der Waals surface area contributed by atoms with Crippen molar-refractivity contribution < 1.29 is 9.53 Å². The van der Waals surface area contributed by atoms with Gasteiger partial charge < -0.3 is 10.1 Å². The first-order chi connectivity index (χ1) is 13.2. The van der Waals surface area contributed by atoms with Crippen LogP contribution >= 0.6 is 0 Å². The summed E-state index contributed by atoms with van der Waals surface area (Å²) in [5.74, 6) is 0.773. The summed E-state index contributed by atoms with van der Waals surface area (Å²) in [6.07, 6.45) is 6.83. The number of hydrogen-bond donors (Lipinski definition) is 1. The van der Waals surface area contributed by atoms with Gasteiger partial charge in [-0.2, -0.15) is 0 Å². The SMILES string of the molecule is CC(Oc1cccc2ccccc12)C(=O)NC1CCCCC1N1CCCC1. The minimum atomic E-state index is -0.503. The van der Waals surface area contributed by atoms with Gasteiger partial charge in [0.2, 0.25) is 0 Å². The Kier molecular flexibility index (Phi) is 5.63. The van der Waals surface area contributed by atoms with Gasteiger partial charge >= 0.3 is 0 Å². The molecule has 4 nitrogen and oxygen atoms in total. The first kappa shape index (κ1) is 18.3. The fourth-order valence-corrected chi connectivity index (χ4v) is 4.63. The summed E-state index contributed by atoms with van der Waals surface area (Å²) in [6.45, 7) is 4.21. The highest BCUT2D eigenvalue weighted by Gasteiger charge is 2.33. The Labute approximate surface area is 161 Å². The predicted molar refractivity (Wildman–Crippen MR) is 109 cm³/mol. The summed E-state index contributed by atoms with van der Waals surface area (Å²) < 4.78 is 6.07. The van der Waals surface area contributed by atoms with Crippen molar-refractivity contribution in [2.24, 2.45) is 0 Å². The van der Waals surface area contributed by atoms with Crippen LogP contribution in [0.4, 0.5) is 0 Å². The van der Waals surface area contributed by atoms with Crippen LogP contribution in [-0.4, -0.2) is 42.1 Å². The Hall–Kier alpha value is -2.07. The molecule has 144 valence electrons. The Bertz CT molecular complexity index is 780. The first-order valence-corrected chi connectivity index (χ1v) is 10.4. The maximum Gasteiger partial charge on any atom is 0.261 e. The number of benzene rings is 2. The average molecular weight is 367 g/mol. The van der Waals surface area contributed by atoms with Crippen molar-refractivity contribution in [3.8, 4) is 5.75 Å². The number of nitrogens with zero attached hydrogens (tertiary/aromatic N) is 1. The topological polar surface area (TPSA) is 41.6 Å². The molecule has 2 aromatic carbocycles. The van der Waals surface area contributed by atoms with Gasteiger partial charge in [0.25, 0.3) is 5.91 Å². The molecule has 4 rings (SSSR count). The molecule has 1 saturated heterocycles. The summed E-state index contributed by atoms with van der Waals surface area (Å²) in [4.78, 5) is 15.4. The maximum atomic E-state index is 12.9. The molecule has 2 fully saturated rings. The zero-order valence-electron chi connectivity index (χ0n) is 16.2. The monoisotopic (exact) mass is 366 g/mol. The Morgan fingerprint density at radius 1 is 1.04 bits per heavy atom.